The molecule has 0 saturated carbocycles. The summed E-state index contributed by atoms with van der Waals surface area (Å²) < 4.78 is 47.6. The number of carbonyl (C=O) groups excluding carboxylic acids is 1. The predicted molar refractivity (Wildman–Crippen MR) is 68.6 cm³/mol. The number of halogens is 3. The summed E-state index contributed by atoms with van der Waals surface area (Å²) in [4.78, 5) is 15.3. The van der Waals surface area contributed by atoms with Gasteiger partial charge in [-0.2, -0.15) is 13.2 Å². The van der Waals surface area contributed by atoms with E-state index in [2.05, 4.69) is 10.3 Å². The Hall–Kier alpha value is -1.67. The van der Waals surface area contributed by atoms with Gasteiger partial charge in [0.25, 0.3) is 5.91 Å². The van der Waals surface area contributed by atoms with Gasteiger partial charge in [0.2, 0.25) is 0 Å². The van der Waals surface area contributed by atoms with Crippen LogP contribution < -0.4 is 5.32 Å². The smallest absolute Gasteiger partial charge is 0.351 e. The van der Waals surface area contributed by atoms with Crippen molar-refractivity contribution in [3.63, 3.8) is 0 Å². The van der Waals surface area contributed by atoms with Crippen molar-refractivity contribution >= 4 is 5.91 Å². The zero-order valence-corrected chi connectivity index (χ0v) is 11.7. The molecule has 5 nitrogen and oxygen atoms in total. The van der Waals surface area contributed by atoms with Gasteiger partial charge in [-0.3, -0.25) is 9.78 Å². The highest BCUT2D eigenvalue weighted by molar-refractivity contribution is 5.92. The highest BCUT2D eigenvalue weighted by Gasteiger charge is 2.30. The number of pyridine rings is 1. The maximum atomic E-state index is 12.4. The molecule has 0 aromatic carbocycles. The maximum Gasteiger partial charge on any atom is 0.417 e. The van der Waals surface area contributed by atoms with Crippen LogP contribution in [0.5, 0.6) is 0 Å². The lowest BCUT2D eigenvalue weighted by molar-refractivity contribution is -0.137. The number of carbonyl (C=O) groups is 1. The van der Waals surface area contributed by atoms with Crippen LogP contribution in [0.4, 0.5) is 13.2 Å². The molecule has 0 atom stereocenters. The molecule has 0 fully saturated rings. The fourth-order valence-corrected chi connectivity index (χ4v) is 1.50. The highest BCUT2D eigenvalue weighted by atomic mass is 19.4. The minimum absolute atomic E-state index is 0.0865. The predicted octanol–water partition coefficient (Wildman–Crippen LogP) is 2.23. The van der Waals surface area contributed by atoms with Gasteiger partial charge in [-0.05, 0) is 26.0 Å². The van der Waals surface area contributed by atoms with Gasteiger partial charge in [0, 0.05) is 19.4 Å². The molecule has 1 N–H and O–H groups in total. The molecule has 1 rings (SSSR count). The summed E-state index contributed by atoms with van der Waals surface area (Å²) in [6.07, 6.45) is -4.45. The molecule has 0 unspecified atom stereocenters. The van der Waals surface area contributed by atoms with Crippen LogP contribution in [0.15, 0.2) is 18.3 Å². The van der Waals surface area contributed by atoms with E-state index in [0.29, 0.717) is 19.4 Å². The Morgan fingerprint density at radius 1 is 1.29 bits per heavy atom. The van der Waals surface area contributed by atoms with E-state index in [1.54, 1.807) is 13.8 Å². The number of nitrogens with one attached hydrogen (secondary N) is 1. The van der Waals surface area contributed by atoms with Crippen molar-refractivity contribution in [1.29, 1.82) is 0 Å². The largest absolute Gasteiger partial charge is 0.417 e. The van der Waals surface area contributed by atoms with Crippen molar-refractivity contribution in [3.05, 3.63) is 29.6 Å². The monoisotopic (exact) mass is 306 g/mol. The number of hydrogen-bond donors (Lipinski definition) is 1. The van der Waals surface area contributed by atoms with E-state index in [1.807, 2.05) is 0 Å². The van der Waals surface area contributed by atoms with Gasteiger partial charge in [0.05, 0.1) is 12.1 Å². The standard InChI is InChI=1S/C13H17F3N2O3/c1-3-20-11(21-4-2)8-18-12(19)10-6-5-9(7-17-10)13(14,15)16/h5-7,11H,3-4,8H2,1-2H3,(H,18,19). The van der Waals surface area contributed by atoms with Crippen LogP contribution in [0, 0.1) is 0 Å². The Bertz CT molecular complexity index is 443. The highest BCUT2D eigenvalue weighted by Crippen LogP contribution is 2.28. The summed E-state index contributed by atoms with van der Waals surface area (Å²) in [6.45, 7) is 4.48. The molecular formula is C13H17F3N2O3. The van der Waals surface area contributed by atoms with Crippen molar-refractivity contribution in [1.82, 2.24) is 10.3 Å². The van der Waals surface area contributed by atoms with Gasteiger partial charge >= 0.3 is 6.18 Å². The molecule has 0 spiro atoms. The van der Waals surface area contributed by atoms with Crippen molar-refractivity contribution in [3.8, 4) is 0 Å². The summed E-state index contributed by atoms with van der Waals surface area (Å²) in [5.74, 6) is -0.590. The normalized spacial score (nSPS) is 11.7. The molecule has 0 aliphatic rings. The first kappa shape index (κ1) is 17.4. The second-order valence-corrected chi connectivity index (χ2v) is 3.98. The molecule has 21 heavy (non-hydrogen) atoms. The third-order valence-electron chi connectivity index (χ3n) is 2.46. The second-order valence-electron chi connectivity index (χ2n) is 3.98. The van der Waals surface area contributed by atoms with Crippen molar-refractivity contribution in [2.24, 2.45) is 0 Å². The third kappa shape index (κ3) is 5.68. The molecule has 0 radical (unpaired) electrons. The molecular weight excluding hydrogens is 289 g/mol. The molecule has 0 aliphatic carbocycles. The average molecular weight is 306 g/mol. The first-order valence-corrected chi connectivity index (χ1v) is 6.43. The number of aromatic nitrogens is 1. The lowest BCUT2D eigenvalue weighted by atomic mass is 10.2. The summed E-state index contributed by atoms with van der Waals surface area (Å²) >= 11 is 0. The van der Waals surface area contributed by atoms with Crippen molar-refractivity contribution in [2.75, 3.05) is 19.8 Å². The van der Waals surface area contributed by atoms with Gasteiger partial charge in [0.1, 0.15) is 5.69 Å². The number of rotatable bonds is 7. The van der Waals surface area contributed by atoms with Crippen LogP contribution in [0.3, 0.4) is 0 Å². The Morgan fingerprint density at radius 2 is 1.90 bits per heavy atom. The third-order valence-corrected chi connectivity index (χ3v) is 2.46. The summed E-state index contributed by atoms with van der Waals surface area (Å²) in [5, 5.41) is 2.49. The van der Waals surface area contributed by atoms with E-state index in [4.69, 9.17) is 9.47 Å². The lowest BCUT2D eigenvalue weighted by Crippen LogP contribution is -2.35. The molecule has 0 aliphatic heterocycles. The zero-order chi connectivity index (χ0) is 15.9. The fourth-order valence-electron chi connectivity index (χ4n) is 1.50. The van der Waals surface area contributed by atoms with Gasteiger partial charge < -0.3 is 14.8 Å². The minimum Gasteiger partial charge on any atom is -0.351 e. The van der Waals surface area contributed by atoms with Crippen LogP contribution in [-0.4, -0.2) is 36.9 Å². The van der Waals surface area contributed by atoms with Crippen LogP contribution in [0.1, 0.15) is 29.9 Å². The summed E-state index contributed by atoms with van der Waals surface area (Å²) in [5.41, 5.74) is -1.00. The van der Waals surface area contributed by atoms with E-state index in [1.165, 1.54) is 0 Å². The van der Waals surface area contributed by atoms with E-state index >= 15 is 0 Å². The van der Waals surface area contributed by atoms with E-state index < -0.39 is 23.9 Å². The number of alkyl halides is 3. The molecule has 118 valence electrons. The Kier molecular flexibility index (Phi) is 6.57. The number of ether oxygens (including phenoxy) is 2. The van der Waals surface area contributed by atoms with Gasteiger partial charge in [0.15, 0.2) is 6.29 Å². The van der Waals surface area contributed by atoms with E-state index in [9.17, 15) is 18.0 Å². The van der Waals surface area contributed by atoms with Gasteiger partial charge in [-0.25, -0.2) is 0 Å². The lowest BCUT2D eigenvalue weighted by Gasteiger charge is -2.17. The molecule has 0 bridgehead atoms. The molecule has 1 aromatic rings. The molecule has 0 saturated heterocycles. The SMILES string of the molecule is CCOC(CNC(=O)c1ccc(C(F)(F)F)cn1)OCC. The van der Waals surface area contributed by atoms with Gasteiger partial charge in [-0.15, -0.1) is 0 Å². The van der Waals surface area contributed by atoms with E-state index in [-0.39, 0.29) is 12.2 Å². The Morgan fingerprint density at radius 3 is 2.33 bits per heavy atom. The maximum absolute atomic E-state index is 12.4. The number of nitrogens with zero attached hydrogens (tertiary/aromatic N) is 1. The van der Waals surface area contributed by atoms with Crippen LogP contribution in [-0.2, 0) is 15.7 Å². The Balaban J connectivity index is 2.59. The van der Waals surface area contributed by atoms with E-state index in [0.717, 1.165) is 12.1 Å². The molecule has 8 heteroatoms. The summed E-state index contributed by atoms with van der Waals surface area (Å²) in [7, 11) is 0. The molecule has 1 heterocycles. The first-order valence-electron chi connectivity index (χ1n) is 6.43. The molecule has 1 aromatic heterocycles. The topological polar surface area (TPSA) is 60.5 Å². The molecule has 1 amide bonds. The number of hydrogen-bond acceptors (Lipinski definition) is 4. The minimum atomic E-state index is -4.48. The zero-order valence-electron chi connectivity index (χ0n) is 11.7. The van der Waals surface area contributed by atoms with Crippen LogP contribution >= 0.6 is 0 Å². The second kappa shape index (κ2) is 7.94. The average Bonchev–Trinajstić information content (AvgIpc) is 2.44. The van der Waals surface area contributed by atoms with Crippen molar-refractivity contribution in [2.45, 2.75) is 26.3 Å². The van der Waals surface area contributed by atoms with Crippen LogP contribution in [0.2, 0.25) is 0 Å². The first-order chi connectivity index (χ1) is 9.88. The van der Waals surface area contributed by atoms with Crippen LogP contribution in [0.25, 0.3) is 0 Å². The fraction of sp³-hybridized carbons (Fsp3) is 0.538. The quantitative estimate of drug-likeness (QED) is 0.785. The van der Waals surface area contributed by atoms with Crippen molar-refractivity contribution < 1.29 is 27.4 Å². The van der Waals surface area contributed by atoms with Gasteiger partial charge in [-0.1, -0.05) is 0 Å². The summed E-state index contributed by atoms with van der Waals surface area (Å²) in [6, 6.07) is 1.83. The number of amides is 1. The Labute approximate surface area is 120 Å².